The van der Waals surface area contributed by atoms with E-state index in [2.05, 4.69) is 34.6 Å². The Bertz CT molecular complexity index is 993. The molecule has 386 valence electrons. The van der Waals surface area contributed by atoms with E-state index in [-0.39, 0.29) is 31.1 Å². The molecular weight excluding hydrogens is 805 g/mol. The van der Waals surface area contributed by atoms with Crippen molar-refractivity contribution in [2.75, 3.05) is 13.2 Å². The molecule has 0 aliphatic rings. The highest BCUT2D eigenvalue weighted by molar-refractivity contribution is 5.71. The van der Waals surface area contributed by atoms with E-state index in [0.717, 1.165) is 69.6 Å². The van der Waals surface area contributed by atoms with Crippen molar-refractivity contribution in [1.82, 2.24) is 0 Å². The summed E-state index contributed by atoms with van der Waals surface area (Å²) < 4.78 is 16.9. The molecule has 6 heteroatoms. The SMILES string of the molecule is CCCCCCCCCCCCCCCCCCCCCC(=O)OC[C@@H](COC(=O)CCCCCCCCCCCCCCC(C)C)OC(=O)CCCCCCCCCCCCC(C)C. The fourth-order valence-electron chi connectivity index (χ4n) is 9.05. The minimum absolute atomic E-state index is 0.0629. The van der Waals surface area contributed by atoms with Gasteiger partial charge in [-0.15, -0.1) is 0 Å². The summed E-state index contributed by atoms with van der Waals surface area (Å²) in [5.74, 6) is 0.810. The van der Waals surface area contributed by atoms with Crippen molar-refractivity contribution in [2.45, 2.75) is 336 Å². The van der Waals surface area contributed by atoms with Crippen molar-refractivity contribution < 1.29 is 28.6 Å². The van der Waals surface area contributed by atoms with Gasteiger partial charge in [-0.1, -0.05) is 291 Å². The lowest BCUT2D eigenvalue weighted by Gasteiger charge is -2.18. The van der Waals surface area contributed by atoms with Crippen LogP contribution in [0.25, 0.3) is 0 Å². The normalized spacial score (nSPS) is 12.0. The first-order chi connectivity index (χ1) is 31.7. The molecule has 65 heavy (non-hydrogen) atoms. The number of ether oxygens (including phenoxy) is 3. The molecule has 6 nitrogen and oxygen atoms in total. The Hall–Kier alpha value is -1.59. The predicted octanol–water partition coefficient (Wildman–Crippen LogP) is 19.3. The van der Waals surface area contributed by atoms with Crippen molar-refractivity contribution in [3.63, 3.8) is 0 Å². The highest BCUT2D eigenvalue weighted by Gasteiger charge is 2.19. The van der Waals surface area contributed by atoms with Crippen molar-refractivity contribution in [3.8, 4) is 0 Å². The molecule has 0 aromatic carbocycles. The van der Waals surface area contributed by atoms with Crippen LogP contribution in [0.3, 0.4) is 0 Å². The molecule has 0 aliphatic heterocycles. The maximum absolute atomic E-state index is 12.8. The highest BCUT2D eigenvalue weighted by Crippen LogP contribution is 2.18. The van der Waals surface area contributed by atoms with Gasteiger partial charge in [-0.25, -0.2) is 0 Å². The van der Waals surface area contributed by atoms with Crippen LogP contribution in [0.1, 0.15) is 330 Å². The average molecular weight is 920 g/mol. The Morgan fingerprint density at radius 2 is 0.508 bits per heavy atom. The molecule has 0 aromatic heterocycles. The molecule has 0 fully saturated rings. The van der Waals surface area contributed by atoms with Crippen LogP contribution < -0.4 is 0 Å². The minimum Gasteiger partial charge on any atom is -0.462 e. The lowest BCUT2D eigenvalue weighted by atomic mass is 10.0. The van der Waals surface area contributed by atoms with Gasteiger partial charge < -0.3 is 14.2 Å². The van der Waals surface area contributed by atoms with Gasteiger partial charge in [0.05, 0.1) is 0 Å². The number of hydrogen-bond donors (Lipinski definition) is 0. The maximum Gasteiger partial charge on any atom is 0.306 e. The Morgan fingerprint density at radius 1 is 0.292 bits per heavy atom. The fourth-order valence-corrected chi connectivity index (χ4v) is 9.05. The third-order valence-electron chi connectivity index (χ3n) is 13.5. The molecule has 0 saturated heterocycles. The topological polar surface area (TPSA) is 78.9 Å². The van der Waals surface area contributed by atoms with Gasteiger partial charge in [0.1, 0.15) is 13.2 Å². The summed E-state index contributed by atoms with van der Waals surface area (Å²) in [6, 6.07) is 0. The molecule has 0 unspecified atom stereocenters. The third-order valence-corrected chi connectivity index (χ3v) is 13.5. The van der Waals surface area contributed by atoms with Crippen molar-refractivity contribution in [2.24, 2.45) is 11.8 Å². The molecule has 0 saturated carbocycles. The molecule has 0 rings (SSSR count). The zero-order valence-electron chi connectivity index (χ0n) is 44.6. The summed E-state index contributed by atoms with van der Waals surface area (Å²) >= 11 is 0. The van der Waals surface area contributed by atoms with E-state index >= 15 is 0 Å². The molecule has 0 aromatic rings. The Kier molecular flexibility index (Phi) is 50.5. The first-order valence-electron chi connectivity index (χ1n) is 29.2. The first-order valence-corrected chi connectivity index (χ1v) is 29.2. The third kappa shape index (κ3) is 53.2. The molecule has 0 spiro atoms. The van der Waals surface area contributed by atoms with Crippen LogP contribution in [0.15, 0.2) is 0 Å². The van der Waals surface area contributed by atoms with Gasteiger partial charge in [0.25, 0.3) is 0 Å². The molecule has 0 radical (unpaired) electrons. The Morgan fingerprint density at radius 3 is 0.754 bits per heavy atom. The van der Waals surface area contributed by atoms with E-state index in [9.17, 15) is 14.4 Å². The van der Waals surface area contributed by atoms with Gasteiger partial charge in [0.2, 0.25) is 0 Å². The van der Waals surface area contributed by atoms with E-state index in [1.165, 1.54) is 218 Å². The van der Waals surface area contributed by atoms with E-state index in [1.807, 2.05) is 0 Å². The lowest BCUT2D eigenvalue weighted by molar-refractivity contribution is -0.167. The number of esters is 3. The monoisotopic (exact) mass is 919 g/mol. The Balaban J connectivity index is 4.27. The number of carbonyl (C=O) groups is 3. The molecule has 0 N–H and O–H groups in total. The smallest absolute Gasteiger partial charge is 0.306 e. The molecular formula is C59H114O6. The number of hydrogen-bond acceptors (Lipinski definition) is 6. The second-order valence-corrected chi connectivity index (χ2v) is 21.2. The van der Waals surface area contributed by atoms with E-state index < -0.39 is 6.10 Å². The largest absolute Gasteiger partial charge is 0.462 e. The van der Waals surface area contributed by atoms with E-state index in [4.69, 9.17) is 14.2 Å². The van der Waals surface area contributed by atoms with Crippen LogP contribution in [0.2, 0.25) is 0 Å². The van der Waals surface area contributed by atoms with Crippen molar-refractivity contribution in [1.29, 1.82) is 0 Å². The predicted molar refractivity (Wildman–Crippen MR) is 280 cm³/mol. The van der Waals surface area contributed by atoms with Crippen LogP contribution >= 0.6 is 0 Å². The van der Waals surface area contributed by atoms with Crippen molar-refractivity contribution in [3.05, 3.63) is 0 Å². The highest BCUT2D eigenvalue weighted by atomic mass is 16.6. The van der Waals surface area contributed by atoms with E-state index in [0.29, 0.717) is 19.3 Å². The summed E-state index contributed by atoms with van der Waals surface area (Å²) in [4.78, 5) is 38.1. The zero-order chi connectivity index (χ0) is 47.5. The molecule has 1 atom stereocenters. The molecule has 0 aliphatic carbocycles. The average Bonchev–Trinajstić information content (AvgIpc) is 3.28. The fraction of sp³-hybridized carbons (Fsp3) is 0.949. The van der Waals surface area contributed by atoms with Crippen LogP contribution in [0, 0.1) is 11.8 Å². The summed E-state index contributed by atoms with van der Waals surface area (Å²) in [6.45, 7) is 11.4. The molecule has 0 heterocycles. The second kappa shape index (κ2) is 51.8. The number of rotatable bonds is 53. The van der Waals surface area contributed by atoms with Crippen LogP contribution in [0.5, 0.6) is 0 Å². The van der Waals surface area contributed by atoms with Gasteiger partial charge in [-0.3, -0.25) is 14.4 Å². The summed E-state index contributed by atoms with van der Waals surface area (Å²) in [5.41, 5.74) is 0. The lowest BCUT2D eigenvalue weighted by Crippen LogP contribution is -2.30. The van der Waals surface area contributed by atoms with Gasteiger partial charge in [-0.05, 0) is 31.1 Å². The van der Waals surface area contributed by atoms with Crippen LogP contribution in [-0.2, 0) is 28.6 Å². The molecule has 0 bridgehead atoms. The zero-order valence-corrected chi connectivity index (χ0v) is 44.6. The van der Waals surface area contributed by atoms with Crippen LogP contribution in [-0.4, -0.2) is 37.2 Å². The van der Waals surface area contributed by atoms with Gasteiger partial charge in [0.15, 0.2) is 6.10 Å². The van der Waals surface area contributed by atoms with Gasteiger partial charge >= 0.3 is 17.9 Å². The van der Waals surface area contributed by atoms with Crippen molar-refractivity contribution >= 4 is 17.9 Å². The minimum atomic E-state index is -0.763. The van der Waals surface area contributed by atoms with Gasteiger partial charge in [-0.2, -0.15) is 0 Å². The number of unbranched alkanes of at least 4 members (excludes halogenated alkanes) is 38. The standard InChI is InChI=1S/C59H114O6/c1-6-7-8-9-10-11-12-13-14-15-16-17-18-19-23-29-34-39-44-49-57(60)63-52-56(65-59(62)51-46-41-36-31-26-25-28-33-38-43-48-55(4)5)53-64-58(61)50-45-40-35-30-24-21-20-22-27-32-37-42-47-54(2)3/h54-56H,6-53H2,1-5H3/t56-/m0/s1. The van der Waals surface area contributed by atoms with E-state index in [1.54, 1.807) is 0 Å². The quantitative estimate of drug-likeness (QED) is 0.0344. The van der Waals surface area contributed by atoms with Gasteiger partial charge in [0, 0.05) is 19.3 Å². The summed E-state index contributed by atoms with van der Waals surface area (Å²) in [7, 11) is 0. The maximum atomic E-state index is 12.8. The first kappa shape index (κ1) is 63.4. The summed E-state index contributed by atoms with van der Waals surface area (Å²) in [5, 5.41) is 0. The summed E-state index contributed by atoms with van der Waals surface area (Å²) in [6.07, 6.45) is 55.3. The Labute approximate surface area is 406 Å². The second-order valence-electron chi connectivity index (χ2n) is 21.2. The number of carbonyl (C=O) groups excluding carboxylic acids is 3. The van der Waals surface area contributed by atoms with Crippen LogP contribution in [0.4, 0.5) is 0 Å². The molecule has 0 amide bonds.